The van der Waals surface area contributed by atoms with Crippen molar-refractivity contribution < 1.29 is 0 Å². The average Bonchev–Trinajstić information content (AvgIpc) is 3.36. The standard InChI is InChI=1S/C33H31N5/c1-3-4-11-29-21(2)26-15-13-24(35)18-31(26)37(29)20-33(22-8-7-9-23(34)17-22)38-30-12-6-5-10-27(30)28-16-14-25(36)19-32(28)38/h4-20H,3,34-36H2,1-2H3/b11-4-,33-20?. The first kappa shape index (κ1) is 23.5. The van der Waals surface area contributed by atoms with Gasteiger partial charge in [0.2, 0.25) is 0 Å². The molecule has 0 saturated carbocycles. The van der Waals surface area contributed by atoms with Gasteiger partial charge in [0.1, 0.15) is 0 Å². The number of allylic oxidation sites excluding steroid dienone is 1. The number of aryl methyl sites for hydroxylation is 1. The highest BCUT2D eigenvalue weighted by molar-refractivity contribution is 6.12. The lowest BCUT2D eigenvalue weighted by atomic mass is 10.1. The molecule has 38 heavy (non-hydrogen) atoms. The second-order valence-corrected chi connectivity index (χ2v) is 9.74. The smallest absolute Gasteiger partial charge is 0.0701 e. The van der Waals surface area contributed by atoms with Crippen molar-refractivity contribution in [2.75, 3.05) is 17.2 Å². The Hall–Kier alpha value is -4.90. The normalized spacial score (nSPS) is 12.4. The van der Waals surface area contributed by atoms with Crippen LogP contribution < -0.4 is 17.2 Å². The van der Waals surface area contributed by atoms with E-state index in [9.17, 15) is 0 Å². The molecule has 0 aliphatic rings. The number of aromatic nitrogens is 2. The van der Waals surface area contributed by atoms with Gasteiger partial charge >= 0.3 is 0 Å². The van der Waals surface area contributed by atoms with Crippen LogP contribution in [0.4, 0.5) is 17.1 Å². The van der Waals surface area contributed by atoms with Gasteiger partial charge in [-0.2, -0.15) is 0 Å². The summed E-state index contributed by atoms with van der Waals surface area (Å²) in [6.45, 7) is 4.31. The number of hydrogen-bond donors (Lipinski definition) is 3. The molecule has 0 aliphatic carbocycles. The van der Waals surface area contributed by atoms with Gasteiger partial charge in [-0.1, -0.05) is 55.5 Å². The van der Waals surface area contributed by atoms with Gasteiger partial charge in [-0.3, -0.25) is 0 Å². The molecule has 5 heteroatoms. The number of para-hydroxylation sites is 1. The molecule has 2 aromatic heterocycles. The highest BCUT2D eigenvalue weighted by Crippen LogP contribution is 2.37. The van der Waals surface area contributed by atoms with E-state index in [1.54, 1.807) is 0 Å². The third kappa shape index (κ3) is 3.80. The Morgan fingerprint density at radius 1 is 0.711 bits per heavy atom. The van der Waals surface area contributed by atoms with Crippen molar-refractivity contribution in [3.8, 4) is 0 Å². The fraction of sp³-hybridized carbons (Fsp3) is 0.0909. The predicted molar refractivity (Wildman–Crippen MR) is 165 cm³/mol. The van der Waals surface area contributed by atoms with E-state index in [4.69, 9.17) is 17.2 Å². The SMILES string of the molecule is CC/C=C\c1c(C)c2ccc(N)cc2n1C=C(c1cccc(N)c1)n1c2ccccc2c2ccc(N)cc21. The maximum Gasteiger partial charge on any atom is 0.0701 e. The maximum atomic E-state index is 6.32. The molecule has 4 aromatic carbocycles. The van der Waals surface area contributed by atoms with Crippen molar-refractivity contribution in [2.45, 2.75) is 20.3 Å². The number of nitrogen functional groups attached to an aromatic ring is 3. The van der Waals surface area contributed by atoms with Crippen LogP contribution in [0.1, 0.15) is 30.2 Å². The van der Waals surface area contributed by atoms with Crippen molar-refractivity contribution in [1.82, 2.24) is 9.13 Å². The van der Waals surface area contributed by atoms with E-state index in [1.807, 2.05) is 42.5 Å². The Labute approximate surface area is 222 Å². The molecule has 0 bridgehead atoms. The number of nitrogens with two attached hydrogens (primary N) is 3. The van der Waals surface area contributed by atoms with Gasteiger partial charge in [0.15, 0.2) is 0 Å². The summed E-state index contributed by atoms with van der Waals surface area (Å²) in [5.74, 6) is 0. The van der Waals surface area contributed by atoms with Crippen molar-refractivity contribution in [3.05, 3.63) is 108 Å². The van der Waals surface area contributed by atoms with Gasteiger partial charge in [-0.15, -0.1) is 0 Å². The van der Waals surface area contributed by atoms with Crippen LogP contribution in [0.3, 0.4) is 0 Å². The van der Waals surface area contributed by atoms with E-state index in [-0.39, 0.29) is 0 Å². The van der Waals surface area contributed by atoms with Crippen molar-refractivity contribution >= 4 is 67.7 Å². The third-order valence-electron chi connectivity index (χ3n) is 7.21. The molecular formula is C33H31N5. The summed E-state index contributed by atoms with van der Waals surface area (Å²) in [7, 11) is 0. The first-order valence-corrected chi connectivity index (χ1v) is 12.9. The third-order valence-corrected chi connectivity index (χ3v) is 7.21. The fourth-order valence-electron chi connectivity index (χ4n) is 5.42. The van der Waals surface area contributed by atoms with Crippen LogP contribution in [0.2, 0.25) is 0 Å². The number of anilines is 3. The van der Waals surface area contributed by atoms with E-state index < -0.39 is 0 Å². The van der Waals surface area contributed by atoms with Gasteiger partial charge in [0.05, 0.1) is 22.2 Å². The topological polar surface area (TPSA) is 87.9 Å². The van der Waals surface area contributed by atoms with E-state index in [0.29, 0.717) is 5.69 Å². The minimum Gasteiger partial charge on any atom is -0.399 e. The number of nitrogens with zero attached hydrogens (tertiary/aromatic N) is 2. The predicted octanol–water partition coefficient (Wildman–Crippen LogP) is 7.73. The quantitative estimate of drug-likeness (QED) is 0.213. The summed E-state index contributed by atoms with van der Waals surface area (Å²) in [5, 5.41) is 3.49. The molecule has 0 radical (unpaired) electrons. The lowest BCUT2D eigenvalue weighted by molar-refractivity contribution is 1.14. The van der Waals surface area contributed by atoms with E-state index in [0.717, 1.165) is 56.7 Å². The average molecular weight is 498 g/mol. The van der Waals surface area contributed by atoms with Gasteiger partial charge in [-0.05, 0) is 67.4 Å². The second-order valence-electron chi connectivity index (χ2n) is 9.74. The lowest BCUT2D eigenvalue weighted by Gasteiger charge is -2.16. The summed E-state index contributed by atoms with van der Waals surface area (Å²) in [5.41, 5.74) is 28.6. The lowest BCUT2D eigenvalue weighted by Crippen LogP contribution is -2.03. The zero-order valence-electron chi connectivity index (χ0n) is 21.6. The van der Waals surface area contributed by atoms with E-state index >= 15 is 0 Å². The maximum absolute atomic E-state index is 6.32. The molecule has 0 saturated heterocycles. The number of benzene rings is 4. The van der Waals surface area contributed by atoms with Crippen molar-refractivity contribution in [3.63, 3.8) is 0 Å². The van der Waals surface area contributed by atoms with Gasteiger partial charge < -0.3 is 26.3 Å². The highest BCUT2D eigenvalue weighted by atomic mass is 15.0. The summed E-state index contributed by atoms with van der Waals surface area (Å²) >= 11 is 0. The van der Waals surface area contributed by atoms with Crippen molar-refractivity contribution in [1.29, 1.82) is 0 Å². The number of rotatable bonds is 5. The molecule has 0 spiro atoms. The van der Waals surface area contributed by atoms with Crippen LogP contribution in [-0.4, -0.2) is 9.13 Å². The molecule has 0 fully saturated rings. The Kier molecular flexibility index (Phi) is 5.69. The van der Waals surface area contributed by atoms with Crippen LogP contribution in [0, 0.1) is 6.92 Å². The molecule has 6 aromatic rings. The van der Waals surface area contributed by atoms with Crippen LogP contribution in [0.15, 0.2) is 91.0 Å². The summed E-state index contributed by atoms with van der Waals surface area (Å²) < 4.78 is 4.54. The molecule has 188 valence electrons. The Balaban J connectivity index is 1.78. The van der Waals surface area contributed by atoms with Crippen molar-refractivity contribution in [2.24, 2.45) is 0 Å². The van der Waals surface area contributed by atoms with Crippen LogP contribution in [0.25, 0.3) is 50.7 Å². The van der Waals surface area contributed by atoms with Crippen LogP contribution in [0.5, 0.6) is 0 Å². The van der Waals surface area contributed by atoms with E-state index in [2.05, 4.69) is 83.8 Å². The highest BCUT2D eigenvalue weighted by Gasteiger charge is 2.18. The number of hydrogen-bond acceptors (Lipinski definition) is 3. The first-order valence-electron chi connectivity index (χ1n) is 12.9. The zero-order chi connectivity index (χ0) is 26.4. The molecule has 6 N–H and O–H groups in total. The Bertz CT molecular complexity index is 1900. The molecule has 6 rings (SSSR count). The van der Waals surface area contributed by atoms with Gasteiger partial charge in [-0.25, -0.2) is 0 Å². The Morgan fingerprint density at radius 2 is 1.39 bits per heavy atom. The summed E-state index contributed by atoms with van der Waals surface area (Å²) in [6.07, 6.45) is 7.54. The first-order chi connectivity index (χ1) is 18.5. The molecule has 0 amide bonds. The van der Waals surface area contributed by atoms with Gasteiger partial charge in [0, 0.05) is 50.7 Å². The zero-order valence-corrected chi connectivity index (χ0v) is 21.6. The minimum atomic E-state index is 0.706. The summed E-state index contributed by atoms with van der Waals surface area (Å²) in [4.78, 5) is 0. The fourth-order valence-corrected chi connectivity index (χ4v) is 5.42. The second kappa shape index (κ2) is 9.20. The molecular weight excluding hydrogens is 466 g/mol. The van der Waals surface area contributed by atoms with Crippen LogP contribution >= 0.6 is 0 Å². The monoisotopic (exact) mass is 497 g/mol. The number of fused-ring (bicyclic) bond motifs is 4. The van der Waals surface area contributed by atoms with Gasteiger partial charge in [0.25, 0.3) is 0 Å². The molecule has 0 unspecified atom stereocenters. The van der Waals surface area contributed by atoms with Crippen LogP contribution in [-0.2, 0) is 0 Å². The molecule has 0 atom stereocenters. The molecule has 5 nitrogen and oxygen atoms in total. The largest absolute Gasteiger partial charge is 0.399 e. The molecule has 0 aliphatic heterocycles. The van der Waals surface area contributed by atoms with E-state index in [1.165, 1.54) is 16.3 Å². The Morgan fingerprint density at radius 3 is 2.16 bits per heavy atom. The minimum absolute atomic E-state index is 0.706. The molecule has 2 heterocycles. The summed E-state index contributed by atoms with van der Waals surface area (Å²) in [6, 6.07) is 28.7.